The van der Waals surface area contributed by atoms with Crippen LogP contribution < -0.4 is 0 Å². The van der Waals surface area contributed by atoms with E-state index in [2.05, 4.69) is 10.2 Å². The molecule has 0 spiro atoms. The Morgan fingerprint density at radius 2 is 2.56 bits per heavy atom. The van der Waals surface area contributed by atoms with Crippen LogP contribution in [0.2, 0.25) is 0 Å². The molecule has 0 aliphatic heterocycles. The summed E-state index contributed by atoms with van der Waals surface area (Å²) >= 11 is 0. The van der Waals surface area contributed by atoms with Gasteiger partial charge in [-0.1, -0.05) is 0 Å². The molecule has 3 heteroatoms. The van der Waals surface area contributed by atoms with E-state index in [4.69, 9.17) is 0 Å². The molecule has 0 saturated carbocycles. The zero-order valence-corrected chi connectivity index (χ0v) is 4.74. The second kappa shape index (κ2) is 2.91. The summed E-state index contributed by atoms with van der Waals surface area (Å²) in [4.78, 5) is 9.78. The van der Waals surface area contributed by atoms with Gasteiger partial charge in [-0.15, -0.1) is 0 Å². The van der Waals surface area contributed by atoms with Gasteiger partial charge in [-0.3, -0.25) is 4.79 Å². The van der Waals surface area contributed by atoms with Crippen LogP contribution in [0.5, 0.6) is 0 Å². The van der Waals surface area contributed by atoms with E-state index in [1.54, 1.807) is 24.6 Å². The van der Waals surface area contributed by atoms with Crippen molar-refractivity contribution in [2.24, 2.45) is 0 Å². The molecule has 0 fully saturated rings. The Morgan fingerprint density at radius 1 is 1.67 bits per heavy atom. The van der Waals surface area contributed by atoms with Crippen LogP contribution in [0.4, 0.5) is 0 Å². The van der Waals surface area contributed by atoms with Gasteiger partial charge in [0.05, 0.1) is 12.1 Å². The molecule has 9 heavy (non-hydrogen) atoms. The Hall–Kier alpha value is -1.25. The second-order valence-corrected chi connectivity index (χ2v) is 1.54. The molecule has 1 aromatic heterocycles. The molecule has 0 atom stereocenters. The van der Waals surface area contributed by atoms with Gasteiger partial charge in [0.2, 0.25) is 6.29 Å². The van der Waals surface area contributed by atoms with Gasteiger partial charge < -0.3 is 0 Å². The third-order valence-corrected chi connectivity index (χ3v) is 0.881. The van der Waals surface area contributed by atoms with Crippen molar-refractivity contribution < 1.29 is 4.79 Å². The van der Waals surface area contributed by atoms with Crippen LogP contribution in [0.25, 0.3) is 0 Å². The number of aromatic nitrogens is 2. The van der Waals surface area contributed by atoms with E-state index in [0.717, 1.165) is 0 Å². The van der Waals surface area contributed by atoms with Crippen LogP contribution in [-0.2, 0) is 11.2 Å². The highest BCUT2D eigenvalue weighted by Gasteiger charge is 1.89. The van der Waals surface area contributed by atoms with Crippen molar-refractivity contribution >= 4 is 6.29 Å². The summed E-state index contributed by atoms with van der Waals surface area (Å²) in [5.74, 6) is 0. The first-order chi connectivity index (χ1) is 4.43. The summed E-state index contributed by atoms with van der Waals surface area (Å²) in [5.41, 5.74) is 0.660. The average molecular weight is 121 g/mol. The van der Waals surface area contributed by atoms with Crippen LogP contribution in [0.15, 0.2) is 18.3 Å². The minimum absolute atomic E-state index is 0.230. The first-order valence-electron chi connectivity index (χ1n) is 2.55. The second-order valence-electron chi connectivity index (χ2n) is 1.54. The van der Waals surface area contributed by atoms with E-state index in [0.29, 0.717) is 5.69 Å². The number of rotatable bonds is 2. The number of nitrogens with zero attached hydrogens (tertiary/aromatic N) is 2. The fraction of sp³-hybridized carbons (Fsp3) is 0.167. The smallest absolute Gasteiger partial charge is 0.204 e. The zero-order chi connectivity index (χ0) is 6.53. The summed E-state index contributed by atoms with van der Waals surface area (Å²) in [6.45, 7) is 0. The van der Waals surface area contributed by atoms with E-state index in [9.17, 15) is 4.79 Å². The lowest BCUT2D eigenvalue weighted by Gasteiger charge is -1.86. The maximum Gasteiger partial charge on any atom is 0.204 e. The summed E-state index contributed by atoms with van der Waals surface area (Å²) < 4.78 is 0. The lowest BCUT2D eigenvalue weighted by Crippen LogP contribution is -1.90. The predicted molar refractivity (Wildman–Crippen MR) is 31.4 cm³/mol. The molecule has 1 rings (SSSR count). The molecule has 0 N–H and O–H groups in total. The van der Waals surface area contributed by atoms with Gasteiger partial charge in [-0.25, -0.2) is 0 Å². The standard InChI is InChI=1S/C6H5N2O/c9-5-3-6-2-1-4-7-8-6/h1-2,4H,3H2. The molecule has 3 nitrogen and oxygen atoms in total. The third kappa shape index (κ3) is 1.60. The Morgan fingerprint density at radius 3 is 3.11 bits per heavy atom. The highest BCUT2D eigenvalue weighted by atomic mass is 16.1. The fourth-order valence-electron chi connectivity index (χ4n) is 0.502. The summed E-state index contributed by atoms with van der Waals surface area (Å²) in [6.07, 6.45) is 3.53. The van der Waals surface area contributed by atoms with Crippen molar-refractivity contribution in [2.45, 2.75) is 6.42 Å². The molecule has 0 aliphatic carbocycles. The molecule has 0 amide bonds. The van der Waals surface area contributed by atoms with E-state index < -0.39 is 0 Å². The van der Waals surface area contributed by atoms with Gasteiger partial charge in [0, 0.05) is 6.20 Å². The lowest BCUT2D eigenvalue weighted by atomic mass is 10.3. The maximum absolute atomic E-state index is 9.78. The monoisotopic (exact) mass is 121 g/mol. The van der Waals surface area contributed by atoms with Crippen molar-refractivity contribution in [2.75, 3.05) is 0 Å². The highest BCUT2D eigenvalue weighted by molar-refractivity contribution is 5.54. The van der Waals surface area contributed by atoms with Gasteiger partial charge in [0.25, 0.3) is 0 Å². The van der Waals surface area contributed by atoms with Gasteiger partial charge in [-0.2, -0.15) is 10.2 Å². The first-order valence-corrected chi connectivity index (χ1v) is 2.55. The van der Waals surface area contributed by atoms with E-state index in [1.165, 1.54) is 0 Å². The van der Waals surface area contributed by atoms with Crippen molar-refractivity contribution in [3.63, 3.8) is 0 Å². The van der Waals surface area contributed by atoms with Crippen molar-refractivity contribution in [1.82, 2.24) is 10.2 Å². The van der Waals surface area contributed by atoms with Crippen LogP contribution >= 0.6 is 0 Å². The lowest BCUT2D eigenvalue weighted by molar-refractivity contribution is 0.554. The molecule has 0 aromatic carbocycles. The van der Waals surface area contributed by atoms with Gasteiger partial charge in [-0.05, 0) is 12.1 Å². The number of hydrogen-bond acceptors (Lipinski definition) is 3. The maximum atomic E-state index is 9.78. The normalized spacial score (nSPS) is 8.89. The minimum atomic E-state index is 0.230. The van der Waals surface area contributed by atoms with Crippen LogP contribution in [0.3, 0.4) is 0 Å². The van der Waals surface area contributed by atoms with Crippen LogP contribution in [0, 0.1) is 0 Å². The largest absolute Gasteiger partial charge is 0.290 e. The van der Waals surface area contributed by atoms with Crippen molar-refractivity contribution in [3.8, 4) is 0 Å². The molecule has 0 aliphatic rings. The topological polar surface area (TPSA) is 42.9 Å². The average Bonchev–Trinajstić information content (AvgIpc) is 1.91. The summed E-state index contributed by atoms with van der Waals surface area (Å²) in [5, 5.41) is 7.23. The van der Waals surface area contributed by atoms with Crippen LogP contribution in [0.1, 0.15) is 5.69 Å². The molecule has 0 unspecified atom stereocenters. The van der Waals surface area contributed by atoms with Gasteiger partial charge in [0.1, 0.15) is 0 Å². The van der Waals surface area contributed by atoms with Gasteiger partial charge >= 0.3 is 0 Å². The molecular weight excluding hydrogens is 116 g/mol. The molecule has 0 bridgehead atoms. The quantitative estimate of drug-likeness (QED) is 0.558. The Kier molecular flexibility index (Phi) is 1.90. The number of hydrogen-bond donors (Lipinski definition) is 0. The zero-order valence-electron chi connectivity index (χ0n) is 4.74. The number of carbonyl (C=O) groups excluding carboxylic acids is 1. The van der Waals surface area contributed by atoms with Crippen LogP contribution in [-0.4, -0.2) is 16.5 Å². The van der Waals surface area contributed by atoms with E-state index in [-0.39, 0.29) is 6.42 Å². The van der Waals surface area contributed by atoms with E-state index >= 15 is 0 Å². The van der Waals surface area contributed by atoms with Crippen molar-refractivity contribution in [1.29, 1.82) is 0 Å². The Balaban J connectivity index is 2.72. The SMILES string of the molecule is O=[C]Cc1cccnn1. The molecule has 1 radical (unpaired) electrons. The fourth-order valence-corrected chi connectivity index (χ4v) is 0.502. The van der Waals surface area contributed by atoms with Gasteiger partial charge in [0.15, 0.2) is 0 Å². The summed E-state index contributed by atoms with van der Waals surface area (Å²) in [6, 6.07) is 3.47. The predicted octanol–water partition coefficient (Wildman–Crippen LogP) is 0.129. The summed E-state index contributed by atoms with van der Waals surface area (Å²) in [7, 11) is 0. The molecular formula is C6H5N2O. The Bertz CT molecular complexity index is 186. The molecule has 45 valence electrons. The molecule has 1 heterocycles. The highest BCUT2D eigenvalue weighted by Crippen LogP contribution is 1.87. The van der Waals surface area contributed by atoms with Crippen molar-refractivity contribution in [3.05, 3.63) is 24.0 Å². The first kappa shape index (κ1) is 5.88. The van der Waals surface area contributed by atoms with E-state index in [1.807, 2.05) is 0 Å². The third-order valence-electron chi connectivity index (χ3n) is 0.881. The Labute approximate surface area is 52.7 Å². The molecule has 0 saturated heterocycles. The molecule has 1 aromatic rings. The minimum Gasteiger partial charge on any atom is -0.290 e.